The summed E-state index contributed by atoms with van der Waals surface area (Å²) >= 11 is 13.8. The Morgan fingerprint density at radius 2 is 1.79 bits per heavy atom. The number of thioether (sulfide) groups is 1. The summed E-state index contributed by atoms with van der Waals surface area (Å²) in [5.41, 5.74) is 3.20. The van der Waals surface area contributed by atoms with Crippen LogP contribution in [0.15, 0.2) is 68.9 Å². The lowest BCUT2D eigenvalue weighted by Crippen LogP contribution is -2.47. The van der Waals surface area contributed by atoms with Gasteiger partial charge in [0.2, 0.25) is 0 Å². The number of aryl methyl sites for hydroxylation is 1. The fourth-order valence-electron chi connectivity index (χ4n) is 3.90. The summed E-state index contributed by atoms with van der Waals surface area (Å²) in [5.74, 6) is 0.922. The average molecular weight is 498 g/mol. The number of carbonyl (C=O) groups excluding carboxylic acids is 1. The van der Waals surface area contributed by atoms with Crippen LogP contribution in [-0.4, -0.2) is 42.2 Å². The van der Waals surface area contributed by atoms with Crippen LogP contribution >= 0.6 is 35.0 Å². The van der Waals surface area contributed by atoms with Crippen molar-refractivity contribution in [2.75, 3.05) is 31.1 Å². The fourth-order valence-corrected chi connectivity index (χ4v) is 5.23. The smallest absolute Gasteiger partial charge is 0.286 e. The van der Waals surface area contributed by atoms with Gasteiger partial charge in [-0.2, -0.15) is 4.99 Å². The highest BCUT2D eigenvalue weighted by Gasteiger charge is 2.29. The van der Waals surface area contributed by atoms with Crippen LogP contribution in [0.4, 0.5) is 5.69 Å². The van der Waals surface area contributed by atoms with Crippen molar-refractivity contribution in [1.29, 1.82) is 0 Å². The molecule has 5 nitrogen and oxygen atoms in total. The second-order valence-electron chi connectivity index (χ2n) is 7.95. The zero-order chi connectivity index (χ0) is 22.9. The number of piperazine rings is 1. The minimum Gasteiger partial charge on any atom is -0.457 e. The molecule has 5 rings (SSSR count). The molecule has 0 saturated carbocycles. The van der Waals surface area contributed by atoms with Crippen molar-refractivity contribution in [2.24, 2.45) is 4.99 Å². The van der Waals surface area contributed by atoms with Crippen molar-refractivity contribution in [3.8, 4) is 11.3 Å². The predicted molar refractivity (Wildman–Crippen MR) is 137 cm³/mol. The van der Waals surface area contributed by atoms with E-state index in [1.54, 1.807) is 24.3 Å². The van der Waals surface area contributed by atoms with Crippen LogP contribution in [0.1, 0.15) is 11.3 Å². The highest BCUT2D eigenvalue weighted by molar-refractivity contribution is 8.18. The summed E-state index contributed by atoms with van der Waals surface area (Å²) < 4.78 is 5.91. The van der Waals surface area contributed by atoms with Gasteiger partial charge in [-0.15, -0.1) is 0 Å². The molecule has 0 spiro atoms. The molecular formula is C25H21Cl2N3O2S. The molecule has 1 fully saturated rings. The Kier molecular flexibility index (Phi) is 6.23. The Hall–Kier alpha value is -2.67. The van der Waals surface area contributed by atoms with E-state index in [1.807, 2.05) is 12.1 Å². The monoisotopic (exact) mass is 497 g/mol. The first-order chi connectivity index (χ1) is 16.0. The fraction of sp³-hybridized carbons (Fsp3) is 0.200. The predicted octanol–water partition coefficient (Wildman–Crippen LogP) is 6.35. The van der Waals surface area contributed by atoms with E-state index in [0.29, 0.717) is 32.0 Å². The minimum absolute atomic E-state index is 0.241. The number of amides is 1. The summed E-state index contributed by atoms with van der Waals surface area (Å²) in [6.45, 7) is 5.52. The number of benzene rings is 2. The Labute approximate surface area is 206 Å². The van der Waals surface area contributed by atoms with Crippen LogP contribution in [0, 0.1) is 6.92 Å². The molecule has 168 valence electrons. The second-order valence-corrected chi connectivity index (χ2v) is 9.80. The third-order valence-corrected chi connectivity index (χ3v) is 7.23. The summed E-state index contributed by atoms with van der Waals surface area (Å²) in [6.07, 6.45) is 1.73. The van der Waals surface area contributed by atoms with Gasteiger partial charge in [-0.25, -0.2) is 0 Å². The Morgan fingerprint density at radius 1 is 1.00 bits per heavy atom. The minimum atomic E-state index is -0.241. The van der Waals surface area contributed by atoms with Gasteiger partial charge in [0, 0.05) is 48.5 Å². The molecule has 0 atom stereocenters. The molecular weight excluding hydrogens is 477 g/mol. The highest BCUT2D eigenvalue weighted by Crippen LogP contribution is 2.35. The molecule has 0 unspecified atom stereocenters. The van der Waals surface area contributed by atoms with Crippen LogP contribution < -0.4 is 4.90 Å². The van der Waals surface area contributed by atoms with Crippen molar-refractivity contribution in [2.45, 2.75) is 6.92 Å². The van der Waals surface area contributed by atoms with E-state index < -0.39 is 0 Å². The molecule has 0 aliphatic carbocycles. The van der Waals surface area contributed by atoms with Crippen LogP contribution in [0.5, 0.6) is 0 Å². The number of hydrogen-bond donors (Lipinski definition) is 0. The van der Waals surface area contributed by atoms with Gasteiger partial charge in [0.05, 0.1) is 9.93 Å². The first-order valence-electron chi connectivity index (χ1n) is 10.6. The number of aliphatic imine (C=N–C) groups is 1. The topological polar surface area (TPSA) is 49.0 Å². The van der Waals surface area contributed by atoms with Gasteiger partial charge >= 0.3 is 0 Å². The van der Waals surface area contributed by atoms with E-state index in [2.05, 4.69) is 46.0 Å². The lowest BCUT2D eigenvalue weighted by molar-refractivity contribution is -0.113. The largest absolute Gasteiger partial charge is 0.457 e. The van der Waals surface area contributed by atoms with E-state index in [1.165, 1.54) is 23.0 Å². The molecule has 1 aromatic heterocycles. The van der Waals surface area contributed by atoms with Crippen molar-refractivity contribution in [3.63, 3.8) is 0 Å². The SMILES string of the molecule is Cc1cccc(N2CCN(C3=NC(=O)C(=Cc4ccc(-c5cc(Cl)ccc5Cl)o4)S3)CC2)c1. The lowest BCUT2D eigenvalue weighted by Gasteiger charge is -2.36. The van der Waals surface area contributed by atoms with Gasteiger partial charge in [0.1, 0.15) is 11.5 Å². The summed E-state index contributed by atoms with van der Waals surface area (Å²) in [6, 6.07) is 17.4. The van der Waals surface area contributed by atoms with E-state index in [4.69, 9.17) is 27.6 Å². The Balaban J connectivity index is 1.25. The Morgan fingerprint density at radius 3 is 2.58 bits per heavy atom. The molecule has 1 amide bonds. The second kappa shape index (κ2) is 9.29. The normalized spacial score (nSPS) is 17.7. The molecule has 1 saturated heterocycles. The molecule has 2 aromatic carbocycles. The molecule has 3 aromatic rings. The van der Waals surface area contributed by atoms with Crippen LogP contribution in [0.2, 0.25) is 10.0 Å². The third-order valence-electron chi connectivity index (χ3n) is 5.62. The van der Waals surface area contributed by atoms with E-state index in [0.717, 1.165) is 31.3 Å². The maximum absolute atomic E-state index is 12.5. The van der Waals surface area contributed by atoms with Gasteiger partial charge < -0.3 is 14.2 Å². The molecule has 2 aliphatic rings. The highest BCUT2D eigenvalue weighted by atomic mass is 35.5. The van der Waals surface area contributed by atoms with Crippen molar-refractivity contribution < 1.29 is 9.21 Å². The number of halogens is 2. The molecule has 0 bridgehead atoms. The molecule has 0 N–H and O–H groups in total. The van der Waals surface area contributed by atoms with Crippen LogP contribution in [0.3, 0.4) is 0 Å². The van der Waals surface area contributed by atoms with Gasteiger partial charge in [0.25, 0.3) is 5.91 Å². The molecule has 33 heavy (non-hydrogen) atoms. The number of hydrogen-bond acceptors (Lipinski definition) is 5. The van der Waals surface area contributed by atoms with E-state index >= 15 is 0 Å². The maximum Gasteiger partial charge on any atom is 0.286 e. The molecule has 2 aliphatic heterocycles. The molecule has 8 heteroatoms. The maximum atomic E-state index is 12.5. The Bertz CT molecular complexity index is 1280. The standard InChI is InChI=1S/C25H21Cl2N3O2S/c1-16-3-2-4-18(13-16)29-9-11-30(12-10-29)25-28-24(31)23(33-25)15-19-6-8-22(32-19)20-14-17(26)5-7-21(20)27/h2-8,13-15H,9-12H2,1H3. The van der Waals surface area contributed by atoms with E-state index in [-0.39, 0.29) is 5.91 Å². The van der Waals surface area contributed by atoms with Gasteiger partial charge in [0.15, 0.2) is 5.17 Å². The first-order valence-corrected chi connectivity index (χ1v) is 12.2. The zero-order valence-corrected chi connectivity index (χ0v) is 20.3. The van der Waals surface area contributed by atoms with Crippen molar-refractivity contribution in [3.05, 3.63) is 80.9 Å². The quantitative estimate of drug-likeness (QED) is 0.394. The van der Waals surface area contributed by atoms with Gasteiger partial charge in [-0.3, -0.25) is 4.79 Å². The number of amidine groups is 1. The number of anilines is 1. The van der Waals surface area contributed by atoms with Crippen LogP contribution in [-0.2, 0) is 4.79 Å². The van der Waals surface area contributed by atoms with Gasteiger partial charge in [-0.1, -0.05) is 35.3 Å². The van der Waals surface area contributed by atoms with Crippen molar-refractivity contribution >= 4 is 57.8 Å². The van der Waals surface area contributed by atoms with Crippen LogP contribution in [0.25, 0.3) is 17.4 Å². The number of rotatable bonds is 3. The number of furan rings is 1. The molecule has 0 radical (unpaired) electrons. The van der Waals surface area contributed by atoms with Crippen molar-refractivity contribution in [1.82, 2.24) is 4.90 Å². The molecule has 3 heterocycles. The number of nitrogens with zero attached hydrogens (tertiary/aromatic N) is 3. The number of carbonyl (C=O) groups is 1. The average Bonchev–Trinajstić information content (AvgIpc) is 3.42. The zero-order valence-electron chi connectivity index (χ0n) is 17.9. The van der Waals surface area contributed by atoms with Gasteiger partial charge in [-0.05, 0) is 66.7 Å². The van der Waals surface area contributed by atoms with E-state index in [9.17, 15) is 4.79 Å². The summed E-state index contributed by atoms with van der Waals surface area (Å²) in [5, 5.41) is 1.88. The summed E-state index contributed by atoms with van der Waals surface area (Å²) in [4.78, 5) is 21.9. The third kappa shape index (κ3) is 4.83. The summed E-state index contributed by atoms with van der Waals surface area (Å²) in [7, 11) is 0. The first kappa shape index (κ1) is 22.1. The lowest BCUT2D eigenvalue weighted by atomic mass is 10.2.